The smallest absolute Gasteiger partial charge is 0.132 e. The highest BCUT2D eigenvalue weighted by atomic mass is 32.1. The first-order valence-electron chi connectivity index (χ1n) is 5.51. The Morgan fingerprint density at radius 3 is 2.65 bits per heavy atom. The number of hydrogen-bond acceptors (Lipinski definition) is 3. The quantitative estimate of drug-likeness (QED) is 0.876. The molecule has 4 heteroatoms. The molecule has 2 aromatic rings. The van der Waals surface area contributed by atoms with Crippen LogP contribution in [0.25, 0.3) is 11.3 Å². The summed E-state index contributed by atoms with van der Waals surface area (Å²) in [5, 5.41) is 1.52. The number of nitrogens with zero attached hydrogens (tertiary/aromatic N) is 1. The fourth-order valence-corrected chi connectivity index (χ4v) is 2.46. The zero-order valence-corrected chi connectivity index (χ0v) is 10.9. The van der Waals surface area contributed by atoms with Crippen LogP contribution in [0.2, 0.25) is 0 Å². The lowest BCUT2D eigenvalue weighted by atomic mass is 10.1. The van der Waals surface area contributed by atoms with Gasteiger partial charge in [-0.05, 0) is 19.1 Å². The van der Waals surface area contributed by atoms with Crippen molar-refractivity contribution in [3.05, 3.63) is 34.6 Å². The standard InChI is InChI=1S/C13H15FN2S/c1-7(2)13-16-11(12(15)17-13)9-6-8(3)4-5-10(9)14/h4-7H,15H2,1-3H3. The number of thiazole rings is 1. The van der Waals surface area contributed by atoms with Crippen LogP contribution < -0.4 is 5.73 Å². The van der Waals surface area contributed by atoms with Gasteiger partial charge in [0.2, 0.25) is 0 Å². The van der Waals surface area contributed by atoms with E-state index in [9.17, 15) is 4.39 Å². The molecule has 0 radical (unpaired) electrons. The van der Waals surface area contributed by atoms with E-state index in [0.29, 0.717) is 22.2 Å². The minimum absolute atomic E-state index is 0.275. The van der Waals surface area contributed by atoms with E-state index in [-0.39, 0.29) is 5.82 Å². The molecule has 1 aromatic carbocycles. The number of aryl methyl sites for hydroxylation is 1. The Morgan fingerprint density at radius 1 is 1.35 bits per heavy atom. The average Bonchev–Trinajstić information content (AvgIpc) is 2.64. The summed E-state index contributed by atoms with van der Waals surface area (Å²) in [6.45, 7) is 6.03. The molecular weight excluding hydrogens is 235 g/mol. The van der Waals surface area contributed by atoms with Crippen molar-refractivity contribution < 1.29 is 4.39 Å². The van der Waals surface area contributed by atoms with E-state index in [1.165, 1.54) is 17.4 Å². The lowest BCUT2D eigenvalue weighted by Gasteiger charge is -2.02. The summed E-state index contributed by atoms with van der Waals surface area (Å²) >= 11 is 1.43. The monoisotopic (exact) mass is 250 g/mol. The Morgan fingerprint density at radius 2 is 2.06 bits per heavy atom. The molecule has 2 nitrogen and oxygen atoms in total. The van der Waals surface area contributed by atoms with Crippen molar-refractivity contribution in [3.8, 4) is 11.3 Å². The topological polar surface area (TPSA) is 38.9 Å². The first-order valence-corrected chi connectivity index (χ1v) is 6.33. The molecular formula is C13H15FN2S. The molecule has 0 bridgehead atoms. The summed E-state index contributed by atoms with van der Waals surface area (Å²) in [6, 6.07) is 4.98. The maximum Gasteiger partial charge on any atom is 0.132 e. The lowest BCUT2D eigenvalue weighted by molar-refractivity contribution is 0.630. The molecule has 1 heterocycles. The first-order chi connectivity index (χ1) is 7.99. The van der Waals surface area contributed by atoms with Crippen LogP contribution in [0, 0.1) is 12.7 Å². The van der Waals surface area contributed by atoms with Gasteiger partial charge in [-0.15, -0.1) is 11.3 Å². The van der Waals surface area contributed by atoms with Gasteiger partial charge in [0.15, 0.2) is 0 Å². The van der Waals surface area contributed by atoms with Gasteiger partial charge < -0.3 is 5.73 Å². The molecule has 1 aromatic heterocycles. The summed E-state index contributed by atoms with van der Waals surface area (Å²) in [7, 11) is 0. The minimum Gasteiger partial charge on any atom is -0.389 e. The van der Waals surface area contributed by atoms with Crippen molar-refractivity contribution in [2.24, 2.45) is 0 Å². The van der Waals surface area contributed by atoms with E-state index in [2.05, 4.69) is 18.8 Å². The maximum absolute atomic E-state index is 13.8. The predicted octanol–water partition coefficient (Wildman–Crippen LogP) is 3.96. The van der Waals surface area contributed by atoms with Gasteiger partial charge in [-0.3, -0.25) is 0 Å². The van der Waals surface area contributed by atoms with Gasteiger partial charge in [0.1, 0.15) is 16.5 Å². The van der Waals surface area contributed by atoms with Gasteiger partial charge in [-0.25, -0.2) is 9.37 Å². The molecule has 17 heavy (non-hydrogen) atoms. The largest absolute Gasteiger partial charge is 0.389 e. The Labute approximate surface area is 104 Å². The molecule has 0 spiro atoms. The van der Waals surface area contributed by atoms with Gasteiger partial charge in [-0.2, -0.15) is 0 Å². The van der Waals surface area contributed by atoms with Crippen LogP contribution in [-0.2, 0) is 0 Å². The molecule has 0 aliphatic rings. The fourth-order valence-electron chi connectivity index (χ4n) is 1.61. The Balaban J connectivity index is 2.56. The zero-order valence-electron chi connectivity index (χ0n) is 10.1. The number of anilines is 1. The lowest BCUT2D eigenvalue weighted by Crippen LogP contribution is -1.91. The summed E-state index contributed by atoms with van der Waals surface area (Å²) in [5.41, 5.74) is 7.98. The Bertz CT molecular complexity index is 546. The van der Waals surface area contributed by atoms with Crippen molar-refractivity contribution in [2.75, 3.05) is 5.73 Å². The summed E-state index contributed by atoms with van der Waals surface area (Å²) in [5.74, 6) is 0.0341. The van der Waals surface area contributed by atoms with Crippen molar-refractivity contribution in [3.63, 3.8) is 0 Å². The molecule has 0 aliphatic carbocycles. The van der Waals surface area contributed by atoms with E-state index in [0.717, 1.165) is 10.6 Å². The van der Waals surface area contributed by atoms with E-state index < -0.39 is 0 Å². The van der Waals surface area contributed by atoms with E-state index >= 15 is 0 Å². The van der Waals surface area contributed by atoms with Crippen molar-refractivity contribution in [2.45, 2.75) is 26.7 Å². The van der Waals surface area contributed by atoms with Crippen molar-refractivity contribution in [1.82, 2.24) is 4.98 Å². The van der Waals surface area contributed by atoms with Crippen LogP contribution in [0.3, 0.4) is 0 Å². The van der Waals surface area contributed by atoms with Gasteiger partial charge in [0, 0.05) is 11.5 Å². The number of benzene rings is 1. The summed E-state index contributed by atoms with van der Waals surface area (Å²) in [4.78, 5) is 4.43. The molecule has 0 unspecified atom stereocenters. The number of rotatable bonds is 2. The number of nitrogen functional groups attached to an aromatic ring is 1. The molecule has 2 N–H and O–H groups in total. The second-order valence-electron chi connectivity index (χ2n) is 4.40. The zero-order chi connectivity index (χ0) is 12.6. The third-order valence-corrected chi connectivity index (χ3v) is 3.73. The van der Waals surface area contributed by atoms with Crippen LogP contribution in [0.5, 0.6) is 0 Å². The Kier molecular flexibility index (Phi) is 3.15. The number of hydrogen-bond donors (Lipinski definition) is 1. The molecule has 0 atom stereocenters. The highest BCUT2D eigenvalue weighted by Gasteiger charge is 2.15. The van der Waals surface area contributed by atoms with Crippen molar-refractivity contribution >= 4 is 16.3 Å². The molecule has 0 saturated carbocycles. The highest BCUT2D eigenvalue weighted by molar-refractivity contribution is 7.16. The second kappa shape index (κ2) is 4.45. The van der Waals surface area contributed by atoms with Crippen LogP contribution >= 0.6 is 11.3 Å². The average molecular weight is 250 g/mol. The molecule has 0 saturated heterocycles. The maximum atomic E-state index is 13.8. The molecule has 0 aliphatic heterocycles. The molecule has 90 valence electrons. The van der Waals surface area contributed by atoms with E-state index in [4.69, 9.17) is 5.73 Å². The third kappa shape index (κ3) is 2.31. The number of aromatic nitrogens is 1. The van der Waals surface area contributed by atoms with Gasteiger partial charge in [0.25, 0.3) is 0 Å². The minimum atomic E-state index is -0.275. The van der Waals surface area contributed by atoms with Gasteiger partial charge >= 0.3 is 0 Å². The van der Waals surface area contributed by atoms with Gasteiger partial charge in [0.05, 0.1) is 5.01 Å². The normalized spacial score (nSPS) is 11.1. The van der Waals surface area contributed by atoms with Crippen LogP contribution in [-0.4, -0.2) is 4.98 Å². The number of halogens is 1. The molecule has 0 amide bonds. The summed E-state index contributed by atoms with van der Waals surface area (Å²) < 4.78 is 13.8. The predicted molar refractivity (Wildman–Crippen MR) is 70.7 cm³/mol. The van der Waals surface area contributed by atoms with Crippen molar-refractivity contribution in [1.29, 1.82) is 0 Å². The Hall–Kier alpha value is -1.42. The SMILES string of the molecule is Cc1ccc(F)c(-c2nc(C(C)C)sc2N)c1. The van der Waals surface area contributed by atoms with Crippen LogP contribution in [0.1, 0.15) is 30.3 Å². The fraction of sp³-hybridized carbons (Fsp3) is 0.308. The summed E-state index contributed by atoms with van der Waals surface area (Å²) in [6.07, 6.45) is 0. The first kappa shape index (κ1) is 12.0. The molecule has 0 fully saturated rings. The van der Waals surface area contributed by atoms with Crippen LogP contribution in [0.15, 0.2) is 18.2 Å². The molecule has 2 rings (SSSR count). The van der Waals surface area contributed by atoms with Crippen LogP contribution in [0.4, 0.5) is 9.39 Å². The highest BCUT2D eigenvalue weighted by Crippen LogP contribution is 2.35. The third-order valence-electron chi connectivity index (χ3n) is 2.54. The van der Waals surface area contributed by atoms with E-state index in [1.807, 2.05) is 6.92 Å². The van der Waals surface area contributed by atoms with E-state index in [1.54, 1.807) is 12.1 Å². The van der Waals surface area contributed by atoms with Gasteiger partial charge in [-0.1, -0.05) is 25.5 Å². The number of nitrogens with two attached hydrogens (primary N) is 1. The second-order valence-corrected chi connectivity index (χ2v) is 5.47.